The molecule has 2 aromatic carbocycles. The third kappa shape index (κ3) is 6.40. The van der Waals surface area contributed by atoms with E-state index in [1.54, 1.807) is 12.1 Å². The van der Waals surface area contributed by atoms with Gasteiger partial charge in [-0.3, -0.25) is 20.4 Å². The number of carbonyl (C=O) groups excluding carboxylic acids is 2. The van der Waals surface area contributed by atoms with Crippen LogP contribution in [-0.2, 0) is 16.0 Å². The maximum Gasteiger partial charge on any atom is 0.276 e. The van der Waals surface area contributed by atoms with Crippen molar-refractivity contribution in [2.75, 3.05) is 6.61 Å². The van der Waals surface area contributed by atoms with Crippen molar-refractivity contribution >= 4 is 39.3 Å². The largest absolute Gasteiger partial charge is 0.483 e. The first-order valence-electron chi connectivity index (χ1n) is 7.66. The number of halogens is 2. The van der Waals surface area contributed by atoms with Crippen molar-refractivity contribution in [3.63, 3.8) is 0 Å². The van der Waals surface area contributed by atoms with Gasteiger partial charge >= 0.3 is 0 Å². The zero-order valence-corrected chi connectivity index (χ0v) is 16.0. The maximum atomic E-state index is 11.8. The van der Waals surface area contributed by atoms with Crippen molar-refractivity contribution in [2.24, 2.45) is 0 Å². The summed E-state index contributed by atoms with van der Waals surface area (Å²) >= 11 is 9.41. The number of benzene rings is 2. The third-order valence-corrected chi connectivity index (χ3v) is 4.36. The van der Waals surface area contributed by atoms with E-state index in [4.69, 9.17) is 16.3 Å². The van der Waals surface area contributed by atoms with E-state index < -0.39 is 5.91 Å². The number of nitrogens with one attached hydrogen (secondary N) is 2. The molecule has 2 amide bonds. The highest BCUT2D eigenvalue weighted by molar-refractivity contribution is 9.10. The fraction of sp³-hybridized carbons (Fsp3) is 0.222. The molecule has 5 nitrogen and oxygen atoms in total. The minimum Gasteiger partial charge on any atom is -0.483 e. The SMILES string of the molecule is Cc1ccc(OCC(=O)NNC(=O)CCc2ccccc2Cl)c(Br)c1. The van der Waals surface area contributed by atoms with Gasteiger partial charge in [0.25, 0.3) is 5.91 Å². The Bertz CT molecular complexity index is 768. The van der Waals surface area contributed by atoms with Crippen LogP contribution in [0, 0.1) is 6.92 Å². The Morgan fingerprint density at radius 2 is 1.84 bits per heavy atom. The van der Waals surface area contributed by atoms with Crippen molar-refractivity contribution < 1.29 is 14.3 Å². The van der Waals surface area contributed by atoms with Crippen LogP contribution in [0.5, 0.6) is 5.75 Å². The van der Waals surface area contributed by atoms with E-state index in [1.807, 2.05) is 37.3 Å². The molecule has 0 aliphatic rings. The van der Waals surface area contributed by atoms with Gasteiger partial charge in [-0.1, -0.05) is 35.9 Å². The Morgan fingerprint density at radius 3 is 2.56 bits per heavy atom. The summed E-state index contributed by atoms with van der Waals surface area (Å²) in [4.78, 5) is 23.5. The van der Waals surface area contributed by atoms with Gasteiger partial charge in [0.15, 0.2) is 6.61 Å². The predicted octanol–water partition coefficient (Wildman–Crippen LogP) is 3.57. The van der Waals surface area contributed by atoms with Crippen LogP contribution >= 0.6 is 27.5 Å². The van der Waals surface area contributed by atoms with Gasteiger partial charge in [-0.05, 0) is 58.6 Å². The second-order valence-electron chi connectivity index (χ2n) is 5.41. The lowest BCUT2D eigenvalue weighted by Gasteiger charge is -2.10. The lowest BCUT2D eigenvalue weighted by molar-refractivity contribution is -0.130. The summed E-state index contributed by atoms with van der Waals surface area (Å²) in [7, 11) is 0. The summed E-state index contributed by atoms with van der Waals surface area (Å²) < 4.78 is 6.17. The van der Waals surface area contributed by atoms with Gasteiger partial charge in [0.05, 0.1) is 4.47 Å². The highest BCUT2D eigenvalue weighted by Gasteiger charge is 2.08. The van der Waals surface area contributed by atoms with Crippen molar-refractivity contribution in [3.05, 3.63) is 63.1 Å². The smallest absolute Gasteiger partial charge is 0.276 e. The number of rotatable bonds is 6. The number of amides is 2. The second kappa shape index (κ2) is 9.44. The quantitative estimate of drug-likeness (QED) is 0.695. The number of ether oxygens (including phenoxy) is 1. The van der Waals surface area contributed by atoms with Crippen LogP contribution in [0.25, 0.3) is 0 Å². The first kappa shape index (κ1) is 19.3. The molecule has 0 heterocycles. The fourth-order valence-corrected chi connectivity index (χ4v) is 2.89. The number of hydrogen-bond donors (Lipinski definition) is 2. The molecule has 0 spiro atoms. The van der Waals surface area contributed by atoms with Gasteiger partial charge in [-0.2, -0.15) is 0 Å². The van der Waals surface area contributed by atoms with Crippen LogP contribution in [-0.4, -0.2) is 18.4 Å². The normalized spacial score (nSPS) is 10.2. The van der Waals surface area contributed by atoms with Crippen LogP contribution < -0.4 is 15.6 Å². The van der Waals surface area contributed by atoms with Gasteiger partial charge in [-0.15, -0.1) is 0 Å². The topological polar surface area (TPSA) is 67.4 Å². The molecule has 132 valence electrons. The Labute approximate surface area is 159 Å². The molecule has 2 rings (SSSR count). The molecule has 0 saturated carbocycles. The molecule has 0 aliphatic heterocycles. The van der Waals surface area contributed by atoms with E-state index >= 15 is 0 Å². The molecule has 0 bridgehead atoms. The number of hydrogen-bond acceptors (Lipinski definition) is 3. The molecule has 7 heteroatoms. The zero-order valence-electron chi connectivity index (χ0n) is 13.6. The van der Waals surface area contributed by atoms with Crippen molar-refractivity contribution in [3.8, 4) is 5.75 Å². The van der Waals surface area contributed by atoms with E-state index in [-0.39, 0.29) is 18.9 Å². The van der Waals surface area contributed by atoms with Crippen LogP contribution in [0.2, 0.25) is 5.02 Å². The van der Waals surface area contributed by atoms with Crippen LogP contribution in [0.3, 0.4) is 0 Å². The van der Waals surface area contributed by atoms with Crippen molar-refractivity contribution in [1.82, 2.24) is 10.9 Å². The van der Waals surface area contributed by atoms with Crippen LogP contribution in [0.15, 0.2) is 46.9 Å². The van der Waals surface area contributed by atoms with Crippen LogP contribution in [0.1, 0.15) is 17.5 Å². The highest BCUT2D eigenvalue weighted by atomic mass is 79.9. The fourth-order valence-electron chi connectivity index (χ4n) is 2.05. The summed E-state index contributed by atoms with van der Waals surface area (Å²) in [5.41, 5.74) is 6.65. The first-order chi connectivity index (χ1) is 12.0. The van der Waals surface area contributed by atoms with Crippen LogP contribution in [0.4, 0.5) is 0 Å². The molecule has 0 aliphatic carbocycles. The molecule has 25 heavy (non-hydrogen) atoms. The minimum absolute atomic E-state index is 0.202. The standard InChI is InChI=1S/C18H18BrClN2O3/c1-12-6-8-16(14(19)10-12)25-11-18(24)22-21-17(23)9-7-13-4-2-3-5-15(13)20/h2-6,8,10H,7,9,11H2,1H3,(H,21,23)(H,22,24). The lowest BCUT2D eigenvalue weighted by atomic mass is 10.1. The Hall–Kier alpha value is -2.05. The van der Waals surface area contributed by atoms with E-state index in [1.165, 1.54) is 0 Å². The second-order valence-corrected chi connectivity index (χ2v) is 6.67. The average molecular weight is 426 g/mol. The number of carbonyl (C=O) groups is 2. The van der Waals surface area contributed by atoms with E-state index in [2.05, 4.69) is 26.8 Å². The zero-order chi connectivity index (χ0) is 18.2. The third-order valence-electron chi connectivity index (χ3n) is 3.37. The van der Waals surface area contributed by atoms with Gasteiger partial charge in [-0.25, -0.2) is 0 Å². The molecule has 0 fully saturated rings. The minimum atomic E-state index is -0.446. The number of aryl methyl sites for hydroxylation is 2. The maximum absolute atomic E-state index is 11.8. The van der Waals surface area contributed by atoms with Crippen molar-refractivity contribution in [2.45, 2.75) is 19.8 Å². The van der Waals surface area contributed by atoms with E-state index in [0.717, 1.165) is 15.6 Å². The molecule has 0 atom stereocenters. The lowest BCUT2D eigenvalue weighted by Crippen LogP contribution is -2.43. The molecule has 2 N–H and O–H groups in total. The van der Waals surface area contributed by atoms with Gasteiger partial charge in [0.1, 0.15) is 5.75 Å². The van der Waals surface area contributed by atoms with Gasteiger partial charge < -0.3 is 4.74 Å². The Kier molecular flexibility index (Phi) is 7.28. The molecule has 0 saturated heterocycles. The summed E-state index contributed by atoms with van der Waals surface area (Å²) in [5.74, 6) is -0.186. The Morgan fingerprint density at radius 1 is 1.12 bits per heavy atom. The summed E-state index contributed by atoms with van der Waals surface area (Å²) in [6.07, 6.45) is 0.711. The summed E-state index contributed by atoms with van der Waals surface area (Å²) in [6, 6.07) is 12.9. The molecular weight excluding hydrogens is 408 g/mol. The monoisotopic (exact) mass is 424 g/mol. The van der Waals surface area contributed by atoms with Gasteiger partial charge in [0.2, 0.25) is 5.91 Å². The molecule has 2 aromatic rings. The molecular formula is C18H18BrClN2O3. The molecule has 0 radical (unpaired) electrons. The average Bonchev–Trinajstić information content (AvgIpc) is 2.58. The van der Waals surface area contributed by atoms with E-state index in [0.29, 0.717) is 17.2 Å². The molecule has 0 aromatic heterocycles. The highest BCUT2D eigenvalue weighted by Crippen LogP contribution is 2.25. The molecule has 0 unspecified atom stereocenters. The van der Waals surface area contributed by atoms with Gasteiger partial charge in [0, 0.05) is 11.4 Å². The number of hydrazine groups is 1. The van der Waals surface area contributed by atoms with Crippen molar-refractivity contribution in [1.29, 1.82) is 0 Å². The van der Waals surface area contributed by atoms with E-state index in [9.17, 15) is 9.59 Å². The summed E-state index contributed by atoms with van der Waals surface area (Å²) in [6.45, 7) is 1.76. The first-order valence-corrected chi connectivity index (χ1v) is 8.83. The Balaban J connectivity index is 1.70. The summed E-state index contributed by atoms with van der Waals surface area (Å²) in [5, 5.41) is 0.622. The predicted molar refractivity (Wildman–Crippen MR) is 100 cm³/mol.